The van der Waals surface area contributed by atoms with Crippen molar-refractivity contribution in [3.63, 3.8) is 0 Å². The van der Waals surface area contributed by atoms with Crippen molar-refractivity contribution >= 4 is 12.0 Å². The Balaban J connectivity index is 3.59. The van der Waals surface area contributed by atoms with Crippen molar-refractivity contribution in [3.05, 3.63) is 0 Å². The largest absolute Gasteiger partial charge is 0.382 e. The van der Waals surface area contributed by atoms with E-state index in [4.69, 9.17) is 16.3 Å². The molecule has 0 aromatic heterocycles. The molecular formula is C9H22N6O2. The lowest BCUT2D eigenvalue weighted by Crippen LogP contribution is -2.45. The van der Waals surface area contributed by atoms with Crippen LogP contribution in [0.3, 0.4) is 0 Å². The standard InChI is InChI=1S/C9H22N6O2/c1-2-17-7-3-4-13-9(15-11)14-6-5-12-8(10)16/h2-7,11H2,1H3,(H3,10,12,16)(H2,13,14,15). The van der Waals surface area contributed by atoms with Gasteiger partial charge in [0.15, 0.2) is 0 Å². The maximum atomic E-state index is 10.4. The molecule has 2 amide bonds. The Morgan fingerprint density at radius 1 is 1.35 bits per heavy atom. The number of carbonyl (C=O) groups excluding carboxylic acids is 1. The van der Waals surface area contributed by atoms with E-state index < -0.39 is 6.03 Å². The molecule has 0 bridgehead atoms. The van der Waals surface area contributed by atoms with Crippen LogP contribution < -0.4 is 27.6 Å². The van der Waals surface area contributed by atoms with Crippen molar-refractivity contribution in [1.82, 2.24) is 16.1 Å². The lowest BCUT2D eigenvalue weighted by atomic mass is 10.4. The molecule has 0 saturated carbocycles. The quantitative estimate of drug-likeness (QED) is 0.117. The summed E-state index contributed by atoms with van der Waals surface area (Å²) in [4.78, 5) is 14.6. The number of guanidine groups is 1. The van der Waals surface area contributed by atoms with E-state index in [-0.39, 0.29) is 0 Å². The number of carbonyl (C=O) groups is 1. The maximum absolute atomic E-state index is 10.4. The Morgan fingerprint density at radius 3 is 2.65 bits per heavy atom. The van der Waals surface area contributed by atoms with Crippen LogP contribution in [-0.2, 0) is 4.74 Å². The molecule has 0 aliphatic heterocycles. The molecular weight excluding hydrogens is 224 g/mol. The second kappa shape index (κ2) is 11.0. The molecule has 0 aliphatic rings. The summed E-state index contributed by atoms with van der Waals surface area (Å²) in [5.74, 6) is 5.75. The summed E-state index contributed by atoms with van der Waals surface area (Å²) in [7, 11) is 0. The van der Waals surface area contributed by atoms with Crippen molar-refractivity contribution < 1.29 is 9.53 Å². The third kappa shape index (κ3) is 10.7. The van der Waals surface area contributed by atoms with Crippen molar-refractivity contribution in [2.45, 2.75) is 13.3 Å². The molecule has 0 aromatic rings. The van der Waals surface area contributed by atoms with Crippen LogP contribution >= 0.6 is 0 Å². The first-order valence-electron chi connectivity index (χ1n) is 5.56. The molecule has 8 heteroatoms. The summed E-state index contributed by atoms with van der Waals surface area (Å²) in [6.07, 6.45) is 0.834. The molecule has 0 unspecified atom stereocenters. The van der Waals surface area contributed by atoms with Crippen LogP contribution in [0.25, 0.3) is 0 Å². The Hall–Kier alpha value is -1.54. The number of hydrogen-bond acceptors (Lipinski definition) is 4. The van der Waals surface area contributed by atoms with E-state index in [1.165, 1.54) is 0 Å². The Labute approximate surface area is 101 Å². The number of rotatable bonds is 8. The Morgan fingerprint density at radius 2 is 2.06 bits per heavy atom. The molecule has 0 radical (unpaired) electrons. The minimum absolute atomic E-state index is 0.412. The number of nitrogens with two attached hydrogens (primary N) is 2. The topological polar surface area (TPSA) is 127 Å². The number of hydrogen-bond donors (Lipinski definition) is 5. The molecule has 8 nitrogen and oxygen atoms in total. The van der Waals surface area contributed by atoms with Gasteiger partial charge in [-0.25, -0.2) is 10.6 Å². The van der Waals surface area contributed by atoms with Gasteiger partial charge in [0.05, 0.1) is 0 Å². The number of ether oxygens (including phenoxy) is 1. The van der Waals surface area contributed by atoms with Crippen molar-refractivity contribution in [2.75, 3.05) is 32.8 Å². The predicted octanol–water partition coefficient (Wildman–Crippen LogP) is -1.51. The number of urea groups is 1. The van der Waals surface area contributed by atoms with E-state index in [9.17, 15) is 4.79 Å². The van der Waals surface area contributed by atoms with E-state index >= 15 is 0 Å². The van der Waals surface area contributed by atoms with Gasteiger partial charge in [0.25, 0.3) is 0 Å². The van der Waals surface area contributed by atoms with Gasteiger partial charge in [-0.05, 0) is 13.3 Å². The fourth-order valence-electron chi connectivity index (χ4n) is 1.02. The van der Waals surface area contributed by atoms with E-state index in [0.29, 0.717) is 38.8 Å². The molecule has 7 N–H and O–H groups in total. The zero-order valence-electron chi connectivity index (χ0n) is 10.2. The Kier molecular flexibility index (Phi) is 9.97. The zero-order chi connectivity index (χ0) is 12.9. The molecule has 0 aliphatic carbocycles. The fraction of sp³-hybridized carbons (Fsp3) is 0.778. The molecule has 0 rings (SSSR count). The monoisotopic (exact) mass is 246 g/mol. The number of nitrogens with one attached hydrogen (secondary N) is 3. The number of aliphatic imine (C=N–C) groups is 1. The lowest BCUT2D eigenvalue weighted by Gasteiger charge is -2.09. The van der Waals surface area contributed by atoms with E-state index in [1.54, 1.807) is 0 Å². The first-order chi connectivity index (χ1) is 8.20. The summed E-state index contributed by atoms with van der Waals surface area (Å²) < 4.78 is 5.17. The van der Waals surface area contributed by atoms with Crippen LogP contribution in [0.2, 0.25) is 0 Å². The maximum Gasteiger partial charge on any atom is 0.312 e. The molecule has 0 spiro atoms. The molecule has 0 saturated heterocycles. The third-order valence-electron chi connectivity index (χ3n) is 1.77. The lowest BCUT2D eigenvalue weighted by molar-refractivity contribution is 0.146. The summed E-state index contributed by atoms with van der Waals surface area (Å²) >= 11 is 0. The molecule has 0 fully saturated rings. The van der Waals surface area contributed by atoms with Crippen LogP contribution in [-0.4, -0.2) is 44.8 Å². The molecule has 17 heavy (non-hydrogen) atoms. The molecule has 100 valence electrons. The van der Waals surface area contributed by atoms with Crippen molar-refractivity contribution in [1.29, 1.82) is 0 Å². The highest BCUT2D eigenvalue weighted by Crippen LogP contribution is 1.83. The highest BCUT2D eigenvalue weighted by molar-refractivity contribution is 5.79. The smallest absolute Gasteiger partial charge is 0.312 e. The molecule has 0 heterocycles. The summed E-state index contributed by atoms with van der Waals surface area (Å²) in [5, 5.41) is 5.36. The zero-order valence-corrected chi connectivity index (χ0v) is 10.2. The van der Waals surface area contributed by atoms with Gasteiger partial charge in [0, 0.05) is 32.8 Å². The summed E-state index contributed by atoms with van der Waals surface area (Å²) in [6.45, 7) is 4.87. The number of hydrazine groups is 1. The van der Waals surface area contributed by atoms with Gasteiger partial charge in [-0.2, -0.15) is 0 Å². The number of nitrogens with zero attached hydrogens (tertiary/aromatic N) is 1. The molecule has 0 aromatic carbocycles. The first-order valence-corrected chi connectivity index (χ1v) is 5.56. The van der Waals surface area contributed by atoms with E-state index in [0.717, 1.165) is 6.42 Å². The van der Waals surface area contributed by atoms with Crippen molar-refractivity contribution in [2.24, 2.45) is 16.6 Å². The van der Waals surface area contributed by atoms with Gasteiger partial charge in [-0.1, -0.05) is 0 Å². The van der Waals surface area contributed by atoms with Crippen molar-refractivity contribution in [3.8, 4) is 0 Å². The van der Waals surface area contributed by atoms with Gasteiger partial charge in [-0.15, -0.1) is 0 Å². The van der Waals surface area contributed by atoms with Gasteiger partial charge < -0.3 is 21.1 Å². The third-order valence-corrected chi connectivity index (χ3v) is 1.77. The highest BCUT2D eigenvalue weighted by atomic mass is 16.5. The van der Waals surface area contributed by atoms with E-state index in [2.05, 4.69) is 21.1 Å². The van der Waals surface area contributed by atoms with Crippen LogP contribution in [0.4, 0.5) is 4.79 Å². The number of primary amides is 1. The minimum Gasteiger partial charge on any atom is -0.382 e. The van der Waals surface area contributed by atoms with Crippen LogP contribution in [0.15, 0.2) is 4.99 Å². The summed E-state index contributed by atoms with van der Waals surface area (Å²) in [5.41, 5.74) is 7.34. The predicted molar refractivity (Wildman–Crippen MR) is 66.3 cm³/mol. The first kappa shape index (κ1) is 15.5. The normalized spacial score (nSPS) is 11.1. The minimum atomic E-state index is -0.553. The highest BCUT2D eigenvalue weighted by Gasteiger charge is 1.95. The van der Waals surface area contributed by atoms with Gasteiger partial charge in [0.1, 0.15) is 0 Å². The average molecular weight is 246 g/mol. The number of amides is 2. The molecule has 0 atom stereocenters. The van der Waals surface area contributed by atoms with Gasteiger partial charge in [0.2, 0.25) is 5.96 Å². The van der Waals surface area contributed by atoms with Crippen LogP contribution in [0, 0.1) is 0 Å². The van der Waals surface area contributed by atoms with Crippen LogP contribution in [0.5, 0.6) is 0 Å². The summed E-state index contributed by atoms with van der Waals surface area (Å²) in [6, 6.07) is -0.553. The fourth-order valence-corrected chi connectivity index (χ4v) is 1.02. The average Bonchev–Trinajstić information content (AvgIpc) is 2.31. The van der Waals surface area contributed by atoms with Crippen LogP contribution in [0.1, 0.15) is 13.3 Å². The SMILES string of the molecule is CCOCCCN=C(NN)NCCNC(N)=O. The van der Waals surface area contributed by atoms with Gasteiger partial charge in [-0.3, -0.25) is 10.4 Å². The second-order valence-corrected chi connectivity index (χ2v) is 3.14. The Bertz CT molecular complexity index is 234. The van der Waals surface area contributed by atoms with Gasteiger partial charge >= 0.3 is 6.03 Å². The second-order valence-electron chi connectivity index (χ2n) is 3.14. The van der Waals surface area contributed by atoms with E-state index in [1.807, 2.05) is 6.92 Å².